The number of benzene rings is 3. The number of fused-ring (bicyclic) bond motifs is 3. The van der Waals surface area contributed by atoms with Crippen molar-refractivity contribution in [1.82, 2.24) is 5.32 Å². The summed E-state index contributed by atoms with van der Waals surface area (Å²) in [5.41, 5.74) is 5.40. The van der Waals surface area contributed by atoms with Crippen molar-refractivity contribution >= 4 is 25.3 Å². The van der Waals surface area contributed by atoms with Gasteiger partial charge in [-0.25, -0.2) is 9.59 Å². The van der Waals surface area contributed by atoms with Crippen molar-refractivity contribution in [2.24, 2.45) is 0 Å². The normalized spacial score (nSPS) is 17.2. The Kier molecular flexibility index (Phi) is 7.58. The van der Waals surface area contributed by atoms with E-state index in [-0.39, 0.29) is 19.1 Å². The first-order valence-corrected chi connectivity index (χ1v) is 13.4. The molecule has 0 saturated carbocycles. The van der Waals surface area contributed by atoms with Crippen LogP contribution in [0.5, 0.6) is 0 Å². The summed E-state index contributed by atoms with van der Waals surface area (Å²) in [4.78, 5) is 25.0. The van der Waals surface area contributed by atoms with E-state index >= 15 is 0 Å². The molecule has 5 rings (SSSR count). The third kappa shape index (κ3) is 5.42. The first-order chi connectivity index (χ1) is 19.1. The molecule has 1 heterocycles. The maximum absolute atomic E-state index is 12.9. The Balaban J connectivity index is 1.32. The SMILES string of the molecule is COC(=O)c1cccc(C=C(CNC(=O)OCC2c3ccccc3-c3ccccc32)B2OC(C)(C)C(C)(C)O2)c1. The second-order valence-electron chi connectivity index (χ2n) is 11.1. The minimum Gasteiger partial charge on any atom is -0.465 e. The van der Waals surface area contributed by atoms with Gasteiger partial charge in [-0.15, -0.1) is 0 Å². The molecule has 0 unspecified atom stereocenters. The zero-order valence-corrected chi connectivity index (χ0v) is 23.5. The molecule has 1 fully saturated rings. The summed E-state index contributed by atoms with van der Waals surface area (Å²) in [7, 11) is 0.652. The summed E-state index contributed by atoms with van der Waals surface area (Å²) in [5, 5.41) is 2.87. The van der Waals surface area contributed by atoms with Crippen molar-refractivity contribution in [3.8, 4) is 11.1 Å². The van der Waals surface area contributed by atoms with Crippen LogP contribution in [0.15, 0.2) is 78.3 Å². The van der Waals surface area contributed by atoms with Crippen LogP contribution in [-0.2, 0) is 18.8 Å². The van der Waals surface area contributed by atoms with Crippen LogP contribution in [-0.4, -0.2) is 50.6 Å². The summed E-state index contributed by atoms with van der Waals surface area (Å²) in [6.45, 7) is 8.25. The van der Waals surface area contributed by atoms with Gasteiger partial charge in [0.2, 0.25) is 0 Å². The number of carbonyl (C=O) groups excluding carboxylic acids is 2. The number of ether oxygens (including phenoxy) is 2. The van der Waals surface area contributed by atoms with E-state index in [1.807, 2.05) is 64.1 Å². The number of rotatable bonds is 7. The number of hydrogen-bond donors (Lipinski definition) is 1. The average molecular weight is 539 g/mol. The van der Waals surface area contributed by atoms with Gasteiger partial charge in [-0.3, -0.25) is 0 Å². The molecule has 0 spiro atoms. The largest absolute Gasteiger partial charge is 0.492 e. The Morgan fingerprint density at radius 3 is 2.10 bits per heavy atom. The van der Waals surface area contributed by atoms with Crippen LogP contribution in [0.2, 0.25) is 0 Å². The molecule has 0 radical (unpaired) electrons. The van der Waals surface area contributed by atoms with Crippen LogP contribution in [0.25, 0.3) is 17.2 Å². The van der Waals surface area contributed by atoms with Crippen molar-refractivity contribution in [3.05, 3.63) is 101 Å². The highest BCUT2D eigenvalue weighted by molar-refractivity contribution is 6.56. The van der Waals surface area contributed by atoms with Gasteiger partial charge in [0.25, 0.3) is 0 Å². The third-order valence-electron chi connectivity index (χ3n) is 8.00. The van der Waals surface area contributed by atoms with Crippen LogP contribution >= 0.6 is 0 Å². The minimum atomic E-state index is -0.694. The summed E-state index contributed by atoms with van der Waals surface area (Å²) in [6, 6.07) is 23.5. The highest BCUT2D eigenvalue weighted by atomic mass is 16.7. The molecule has 0 aromatic heterocycles. The highest BCUT2D eigenvalue weighted by Crippen LogP contribution is 2.44. The Morgan fingerprint density at radius 2 is 1.50 bits per heavy atom. The molecule has 8 heteroatoms. The number of carbonyl (C=O) groups is 2. The lowest BCUT2D eigenvalue weighted by Crippen LogP contribution is -2.41. The van der Waals surface area contributed by atoms with E-state index in [4.69, 9.17) is 18.8 Å². The van der Waals surface area contributed by atoms with Gasteiger partial charge in [0.05, 0.1) is 23.9 Å². The number of esters is 1. The Labute approximate surface area is 235 Å². The molecule has 1 amide bonds. The molecule has 1 saturated heterocycles. The van der Waals surface area contributed by atoms with Gasteiger partial charge in [0.15, 0.2) is 0 Å². The molecule has 3 aromatic carbocycles. The van der Waals surface area contributed by atoms with Gasteiger partial charge < -0.3 is 24.1 Å². The molecule has 40 heavy (non-hydrogen) atoms. The lowest BCUT2D eigenvalue weighted by Gasteiger charge is -2.32. The van der Waals surface area contributed by atoms with E-state index < -0.39 is 30.4 Å². The van der Waals surface area contributed by atoms with E-state index in [1.54, 1.807) is 18.2 Å². The van der Waals surface area contributed by atoms with Crippen LogP contribution in [0, 0.1) is 0 Å². The second kappa shape index (κ2) is 10.9. The van der Waals surface area contributed by atoms with Crippen molar-refractivity contribution in [1.29, 1.82) is 0 Å². The zero-order chi connectivity index (χ0) is 28.5. The van der Waals surface area contributed by atoms with Gasteiger partial charge in [-0.05, 0) is 73.1 Å². The average Bonchev–Trinajstić information content (AvgIpc) is 3.38. The number of amides is 1. The second-order valence-corrected chi connectivity index (χ2v) is 11.1. The number of hydrogen-bond acceptors (Lipinski definition) is 6. The lowest BCUT2D eigenvalue weighted by atomic mass is 9.77. The summed E-state index contributed by atoms with van der Waals surface area (Å²) >= 11 is 0. The molecule has 7 nitrogen and oxygen atoms in total. The van der Waals surface area contributed by atoms with Crippen molar-refractivity contribution in [2.45, 2.75) is 44.8 Å². The van der Waals surface area contributed by atoms with Gasteiger partial charge in [-0.1, -0.05) is 66.7 Å². The predicted molar refractivity (Wildman–Crippen MR) is 155 cm³/mol. The number of alkyl carbamates (subject to hydrolysis) is 1. The molecule has 2 aliphatic rings. The first kappa shape index (κ1) is 27.7. The predicted octanol–water partition coefficient (Wildman–Crippen LogP) is 6.03. The van der Waals surface area contributed by atoms with E-state index in [2.05, 4.69) is 29.6 Å². The Bertz CT molecular complexity index is 1400. The van der Waals surface area contributed by atoms with Crippen LogP contribution in [0.4, 0.5) is 4.79 Å². The minimum absolute atomic E-state index is 0.0303. The molecule has 1 aliphatic heterocycles. The fraction of sp³-hybridized carbons (Fsp3) is 0.312. The van der Waals surface area contributed by atoms with Gasteiger partial charge >= 0.3 is 19.2 Å². The smallest absolute Gasteiger partial charge is 0.465 e. The molecule has 1 N–H and O–H groups in total. The topological polar surface area (TPSA) is 83.1 Å². The Morgan fingerprint density at radius 1 is 0.900 bits per heavy atom. The summed E-state index contributed by atoms with van der Waals surface area (Å²) in [5.74, 6) is -0.457. The van der Waals surface area contributed by atoms with E-state index in [1.165, 1.54) is 18.2 Å². The quantitative estimate of drug-likeness (QED) is 0.292. The molecular weight excluding hydrogens is 505 g/mol. The molecule has 3 aromatic rings. The fourth-order valence-electron chi connectivity index (χ4n) is 5.11. The van der Waals surface area contributed by atoms with Crippen molar-refractivity contribution in [2.75, 3.05) is 20.3 Å². The third-order valence-corrected chi connectivity index (χ3v) is 8.00. The Hall–Kier alpha value is -3.88. The first-order valence-electron chi connectivity index (χ1n) is 13.4. The van der Waals surface area contributed by atoms with Crippen LogP contribution < -0.4 is 5.32 Å². The summed E-state index contributed by atoms with van der Waals surface area (Å²) in [6.07, 6.45) is 1.32. The van der Waals surface area contributed by atoms with Crippen molar-refractivity contribution < 1.29 is 28.4 Å². The van der Waals surface area contributed by atoms with Crippen LogP contribution in [0.3, 0.4) is 0 Å². The van der Waals surface area contributed by atoms with E-state index in [9.17, 15) is 9.59 Å². The van der Waals surface area contributed by atoms with E-state index in [0.717, 1.165) is 16.7 Å². The van der Waals surface area contributed by atoms with Gasteiger partial charge in [-0.2, -0.15) is 0 Å². The van der Waals surface area contributed by atoms with Gasteiger partial charge in [0, 0.05) is 12.5 Å². The standard InChI is InChI=1S/C32H34BNO6/c1-31(2)32(3,4)40-33(39-31)23(18-21-11-10-12-22(17-21)29(35)37-5)19-34-30(36)38-20-28-26-15-8-6-13-24(26)25-14-7-9-16-27(25)28/h6-18,28H,19-20H2,1-5H3,(H,34,36). The number of methoxy groups -OCH3 is 1. The van der Waals surface area contributed by atoms with E-state index in [0.29, 0.717) is 11.0 Å². The number of nitrogens with one attached hydrogen (secondary N) is 1. The molecule has 206 valence electrons. The monoisotopic (exact) mass is 539 g/mol. The molecule has 0 atom stereocenters. The fourth-order valence-corrected chi connectivity index (χ4v) is 5.11. The van der Waals surface area contributed by atoms with Crippen LogP contribution in [0.1, 0.15) is 60.7 Å². The van der Waals surface area contributed by atoms with Gasteiger partial charge in [0.1, 0.15) is 6.61 Å². The van der Waals surface area contributed by atoms with Crippen molar-refractivity contribution in [3.63, 3.8) is 0 Å². The molecular formula is C32H34BNO6. The summed E-state index contributed by atoms with van der Waals surface area (Å²) < 4.78 is 23.1. The zero-order valence-electron chi connectivity index (χ0n) is 23.5. The highest BCUT2D eigenvalue weighted by Gasteiger charge is 2.52. The molecule has 0 bridgehead atoms. The maximum atomic E-state index is 12.9. The lowest BCUT2D eigenvalue weighted by molar-refractivity contribution is 0.00578. The maximum Gasteiger partial charge on any atom is 0.492 e. The molecule has 1 aliphatic carbocycles.